The average Bonchev–Trinajstić information content (AvgIpc) is 2.70. The summed E-state index contributed by atoms with van der Waals surface area (Å²) in [4.78, 5) is 0. The maximum Gasteiger partial charge on any atom is 0.166 e. The number of aliphatic hydroxyl groups excluding tert-OH is 2. The largest absolute Gasteiger partial charge is 0.396 e. The first-order valence-electron chi connectivity index (χ1n) is 9.92. The van der Waals surface area contributed by atoms with Gasteiger partial charge in [0.05, 0.1) is 6.10 Å². The van der Waals surface area contributed by atoms with E-state index in [1.807, 2.05) is 6.92 Å². The van der Waals surface area contributed by atoms with Gasteiger partial charge in [0.25, 0.3) is 0 Å². The lowest BCUT2D eigenvalue weighted by atomic mass is 9.78. The predicted octanol–water partition coefficient (Wildman–Crippen LogP) is 5.73. The molecule has 4 heteroatoms. The standard InChI is InChI=1S/C23H28F2O2/c1-2-3-21(27)18-10-8-17(9-11-18)20-13-12-19(22(24)23(20)25)16-6-4-15(14-26)5-7-16/h8-13,15-16,21,26-27H,2-7,14H2,1H3. The third-order valence-electron chi connectivity index (χ3n) is 5.83. The van der Waals surface area contributed by atoms with Gasteiger partial charge in [0.1, 0.15) is 0 Å². The van der Waals surface area contributed by atoms with E-state index in [9.17, 15) is 19.0 Å². The lowest BCUT2D eigenvalue weighted by molar-refractivity contribution is 0.166. The summed E-state index contributed by atoms with van der Waals surface area (Å²) in [5, 5.41) is 19.3. The second-order valence-corrected chi connectivity index (χ2v) is 7.66. The van der Waals surface area contributed by atoms with Crippen molar-refractivity contribution in [3.8, 4) is 11.1 Å². The highest BCUT2D eigenvalue weighted by Gasteiger charge is 2.26. The van der Waals surface area contributed by atoms with Gasteiger partial charge < -0.3 is 10.2 Å². The Hall–Kier alpha value is -1.78. The monoisotopic (exact) mass is 374 g/mol. The molecule has 1 aliphatic rings. The number of hydrogen-bond donors (Lipinski definition) is 2. The van der Waals surface area contributed by atoms with Crippen molar-refractivity contribution in [1.29, 1.82) is 0 Å². The first-order valence-corrected chi connectivity index (χ1v) is 9.92. The van der Waals surface area contributed by atoms with Gasteiger partial charge in [0, 0.05) is 12.2 Å². The van der Waals surface area contributed by atoms with E-state index < -0.39 is 17.7 Å². The molecule has 2 nitrogen and oxygen atoms in total. The summed E-state index contributed by atoms with van der Waals surface area (Å²) in [5.41, 5.74) is 2.09. The molecule has 0 radical (unpaired) electrons. The van der Waals surface area contributed by atoms with Crippen LogP contribution in [0.5, 0.6) is 0 Å². The summed E-state index contributed by atoms with van der Waals surface area (Å²) in [6, 6.07) is 10.4. The van der Waals surface area contributed by atoms with Gasteiger partial charge in [-0.2, -0.15) is 0 Å². The van der Waals surface area contributed by atoms with Gasteiger partial charge in [-0.3, -0.25) is 0 Å². The van der Waals surface area contributed by atoms with Crippen molar-refractivity contribution in [2.24, 2.45) is 5.92 Å². The van der Waals surface area contributed by atoms with Crippen LogP contribution in [0.25, 0.3) is 11.1 Å². The fraction of sp³-hybridized carbons (Fsp3) is 0.478. The molecule has 0 aromatic heterocycles. The van der Waals surface area contributed by atoms with Gasteiger partial charge in [-0.1, -0.05) is 49.7 Å². The zero-order chi connectivity index (χ0) is 19.4. The van der Waals surface area contributed by atoms with Crippen molar-refractivity contribution in [1.82, 2.24) is 0 Å². The van der Waals surface area contributed by atoms with Crippen LogP contribution in [0.2, 0.25) is 0 Å². The van der Waals surface area contributed by atoms with E-state index >= 15 is 0 Å². The molecular weight excluding hydrogens is 346 g/mol. The Labute approximate surface area is 159 Å². The van der Waals surface area contributed by atoms with Crippen molar-refractivity contribution in [3.63, 3.8) is 0 Å². The van der Waals surface area contributed by atoms with E-state index in [1.54, 1.807) is 36.4 Å². The van der Waals surface area contributed by atoms with Crippen molar-refractivity contribution in [3.05, 3.63) is 59.2 Å². The van der Waals surface area contributed by atoms with Crippen molar-refractivity contribution >= 4 is 0 Å². The van der Waals surface area contributed by atoms with Crippen LogP contribution in [0.15, 0.2) is 36.4 Å². The van der Waals surface area contributed by atoms with Crippen LogP contribution in [-0.4, -0.2) is 16.8 Å². The summed E-state index contributed by atoms with van der Waals surface area (Å²) in [7, 11) is 0. The zero-order valence-corrected chi connectivity index (χ0v) is 15.8. The number of benzene rings is 2. The van der Waals surface area contributed by atoms with E-state index in [2.05, 4.69) is 0 Å². The van der Waals surface area contributed by atoms with E-state index in [-0.39, 0.29) is 24.0 Å². The van der Waals surface area contributed by atoms with Crippen molar-refractivity contribution < 1.29 is 19.0 Å². The fourth-order valence-electron chi connectivity index (χ4n) is 4.08. The Morgan fingerprint density at radius 2 is 1.63 bits per heavy atom. The maximum atomic E-state index is 14.8. The minimum Gasteiger partial charge on any atom is -0.396 e. The third-order valence-corrected chi connectivity index (χ3v) is 5.83. The molecule has 2 aromatic rings. The summed E-state index contributed by atoms with van der Waals surface area (Å²) in [6.07, 6.45) is 4.30. The molecule has 1 atom stereocenters. The highest BCUT2D eigenvalue weighted by atomic mass is 19.2. The topological polar surface area (TPSA) is 40.5 Å². The molecule has 1 saturated carbocycles. The van der Waals surface area contributed by atoms with Gasteiger partial charge in [-0.25, -0.2) is 8.78 Å². The number of aliphatic hydroxyl groups is 2. The Kier molecular flexibility index (Phi) is 6.61. The van der Waals surface area contributed by atoms with Gasteiger partial charge >= 0.3 is 0 Å². The molecule has 0 aliphatic heterocycles. The average molecular weight is 374 g/mol. The molecule has 0 saturated heterocycles. The molecule has 146 valence electrons. The second kappa shape index (κ2) is 8.94. The molecule has 1 unspecified atom stereocenters. The van der Waals surface area contributed by atoms with Crippen molar-refractivity contribution in [2.75, 3.05) is 6.61 Å². The van der Waals surface area contributed by atoms with Crippen LogP contribution in [-0.2, 0) is 0 Å². The van der Waals surface area contributed by atoms with Crippen molar-refractivity contribution in [2.45, 2.75) is 57.5 Å². The molecule has 2 N–H and O–H groups in total. The summed E-state index contributed by atoms with van der Waals surface area (Å²) < 4.78 is 29.5. The normalized spacial score (nSPS) is 21.2. The molecule has 0 heterocycles. The zero-order valence-electron chi connectivity index (χ0n) is 15.8. The van der Waals surface area contributed by atoms with Gasteiger partial charge in [-0.05, 0) is 60.6 Å². The third kappa shape index (κ3) is 4.39. The molecule has 1 fully saturated rings. The quantitative estimate of drug-likeness (QED) is 0.678. The lowest BCUT2D eigenvalue weighted by Gasteiger charge is -2.28. The molecule has 3 rings (SSSR count). The minimum atomic E-state index is -0.807. The Balaban J connectivity index is 1.81. The molecular formula is C23H28F2O2. The number of rotatable bonds is 6. The Morgan fingerprint density at radius 1 is 0.963 bits per heavy atom. The van der Waals surface area contributed by atoms with Crippen LogP contribution in [0.1, 0.15) is 68.6 Å². The van der Waals surface area contributed by atoms with Crippen LogP contribution < -0.4 is 0 Å². The fourth-order valence-corrected chi connectivity index (χ4v) is 4.08. The highest BCUT2D eigenvalue weighted by Crippen LogP contribution is 2.38. The smallest absolute Gasteiger partial charge is 0.166 e. The summed E-state index contributed by atoms with van der Waals surface area (Å²) >= 11 is 0. The minimum absolute atomic E-state index is 0.0166. The Morgan fingerprint density at radius 3 is 2.22 bits per heavy atom. The first kappa shape index (κ1) is 20.0. The van der Waals surface area contributed by atoms with E-state index in [0.29, 0.717) is 17.5 Å². The molecule has 27 heavy (non-hydrogen) atoms. The maximum absolute atomic E-state index is 14.8. The number of hydrogen-bond acceptors (Lipinski definition) is 2. The van der Waals surface area contributed by atoms with E-state index in [0.717, 1.165) is 37.7 Å². The van der Waals surface area contributed by atoms with Crippen LogP contribution in [0, 0.1) is 17.6 Å². The van der Waals surface area contributed by atoms with Gasteiger partial charge in [0.2, 0.25) is 0 Å². The molecule has 0 amide bonds. The predicted molar refractivity (Wildman–Crippen MR) is 103 cm³/mol. The SMILES string of the molecule is CCCC(O)c1ccc(-c2ccc(C3CCC(CO)CC3)c(F)c2F)cc1. The van der Waals surface area contributed by atoms with Crippen LogP contribution in [0.3, 0.4) is 0 Å². The summed E-state index contributed by atoms with van der Waals surface area (Å²) in [5.74, 6) is -1.26. The summed E-state index contributed by atoms with van der Waals surface area (Å²) in [6.45, 7) is 2.18. The number of halogens is 2. The lowest BCUT2D eigenvalue weighted by Crippen LogP contribution is -2.17. The first-order chi connectivity index (χ1) is 13.0. The molecule has 2 aromatic carbocycles. The van der Waals surface area contributed by atoms with Crippen LogP contribution >= 0.6 is 0 Å². The Bertz CT molecular complexity index is 750. The molecule has 0 spiro atoms. The van der Waals surface area contributed by atoms with E-state index in [4.69, 9.17) is 0 Å². The van der Waals surface area contributed by atoms with Gasteiger partial charge in [-0.15, -0.1) is 0 Å². The highest BCUT2D eigenvalue weighted by molar-refractivity contribution is 5.65. The van der Waals surface area contributed by atoms with E-state index in [1.165, 1.54) is 0 Å². The molecule has 1 aliphatic carbocycles. The second-order valence-electron chi connectivity index (χ2n) is 7.66. The van der Waals surface area contributed by atoms with Crippen LogP contribution in [0.4, 0.5) is 8.78 Å². The van der Waals surface area contributed by atoms with Gasteiger partial charge in [0.15, 0.2) is 11.6 Å². The molecule has 0 bridgehead atoms.